The molecule has 0 saturated carbocycles. The highest BCUT2D eigenvalue weighted by atomic mass is 32.2. The Morgan fingerprint density at radius 1 is 0.773 bits per heavy atom. The molecule has 1 aromatic heterocycles. The fourth-order valence-electron chi connectivity index (χ4n) is 5.53. The van der Waals surface area contributed by atoms with Gasteiger partial charge in [0.05, 0.1) is 16.5 Å². The molecule has 0 fully saturated rings. The summed E-state index contributed by atoms with van der Waals surface area (Å²) in [5.74, 6) is -0.645. The van der Waals surface area contributed by atoms with Gasteiger partial charge < -0.3 is 9.52 Å². The van der Waals surface area contributed by atoms with Crippen LogP contribution < -0.4 is 5.76 Å². The minimum atomic E-state index is -4.04. The fraction of sp³-hybridized carbons (Fsp3) is 0.286. The van der Waals surface area contributed by atoms with Crippen molar-refractivity contribution in [3.05, 3.63) is 136 Å². The van der Waals surface area contributed by atoms with E-state index in [2.05, 4.69) is 34.1 Å². The zero-order valence-corrected chi connectivity index (χ0v) is 25.9. The minimum absolute atomic E-state index is 0.00297. The number of hydrogen-bond donors (Lipinski definition) is 2. The Bertz CT molecular complexity index is 1750. The van der Waals surface area contributed by atoms with E-state index >= 15 is 0 Å². The molecule has 2 atom stereocenters. The number of rotatable bonds is 14. The third-order valence-electron chi connectivity index (χ3n) is 7.65. The standard InChI is InChI=1S/C35H39N3O5S/c1-26(2)22-38(44(41,42)30-18-19-31-34(21-30)43-35(40)36-31)25-33(39)32(20-27-12-6-3-7-13-27)37(23-28-14-8-4-9-15-28)24-29-16-10-5-11-17-29/h3-19,21,26,32-33,39H,20,22-25H2,1-2H3,(H,36,40)/t32-,33+/m0/s1. The number of aromatic amines is 1. The van der Waals surface area contributed by atoms with Crippen LogP contribution in [0.2, 0.25) is 0 Å². The summed E-state index contributed by atoms with van der Waals surface area (Å²) in [5, 5.41) is 12.1. The van der Waals surface area contributed by atoms with Gasteiger partial charge in [-0.1, -0.05) is 105 Å². The van der Waals surface area contributed by atoms with Gasteiger partial charge in [-0.05, 0) is 41.2 Å². The van der Waals surface area contributed by atoms with Crippen molar-refractivity contribution in [2.75, 3.05) is 13.1 Å². The highest BCUT2D eigenvalue weighted by Crippen LogP contribution is 2.25. The Labute approximate surface area is 258 Å². The van der Waals surface area contributed by atoms with E-state index in [0.717, 1.165) is 16.7 Å². The molecule has 0 aliphatic heterocycles. The first-order valence-corrected chi connectivity index (χ1v) is 16.3. The molecule has 0 unspecified atom stereocenters. The molecule has 0 aliphatic carbocycles. The molecule has 0 saturated heterocycles. The molecule has 0 spiro atoms. The van der Waals surface area contributed by atoms with E-state index < -0.39 is 27.9 Å². The van der Waals surface area contributed by atoms with Crippen LogP contribution >= 0.6 is 0 Å². The molecule has 0 amide bonds. The van der Waals surface area contributed by atoms with Crippen LogP contribution in [0.25, 0.3) is 11.1 Å². The van der Waals surface area contributed by atoms with Gasteiger partial charge in [0, 0.05) is 38.3 Å². The summed E-state index contributed by atoms with van der Waals surface area (Å²) >= 11 is 0. The molecule has 0 aliphatic rings. The maximum absolute atomic E-state index is 14.1. The normalized spacial score (nSPS) is 13.6. The van der Waals surface area contributed by atoms with Gasteiger partial charge in [0.2, 0.25) is 10.0 Å². The summed E-state index contributed by atoms with van der Waals surface area (Å²) in [6.45, 7) is 5.15. The van der Waals surface area contributed by atoms with Crippen molar-refractivity contribution in [2.45, 2.75) is 50.4 Å². The zero-order chi connectivity index (χ0) is 31.1. The monoisotopic (exact) mass is 613 g/mol. The van der Waals surface area contributed by atoms with Gasteiger partial charge in [-0.15, -0.1) is 0 Å². The third kappa shape index (κ3) is 7.92. The summed E-state index contributed by atoms with van der Waals surface area (Å²) in [5.41, 5.74) is 3.84. The Morgan fingerprint density at radius 2 is 1.32 bits per heavy atom. The first-order chi connectivity index (χ1) is 21.2. The van der Waals surface area contributed by atoms with E-state index in [-0.39, 0.29) is 29.5 Å². The summed E-state index contributed by atoms with van der Waals surface area (Å²) in [6.07, 6.45) is -0.498. The average Bonchev–Trinajstić information content (AvgIpc) is 3.40. The van der Waals surface area contributed by atoms with Crippen LogP contribution in [0, 0.1) is 5.92 Å². The highest BCUT2D eigenvalue weighted by molar-refractivity contribution is 7.89. The zero-order valence-electron chi connectivity index (χ0n) is 25.0. The number of sulfonamides is 1. The number of aromatic nitrogens is 1. The number of fused-ring (bicyclic) bond motifs is 1. The number of benzene rings is 4. The van der Waals surface area contributed by atoms with Crippen molar-refractivity contribution < 1.29 is 17.9 Å². The van der Waals surface area contributed by atoms with Crippen molar-refractivity contribution >= 4 is 21.1 Å². The molecule has 5 rings (SSSR count). The second-order valence-corrected chi connectivity index (χ2v) is 13.5. The molecule has 44 heavy (non-hydrogen) atoms. The van der Waals surface area contributed by atoms with E-state index in [4.69, 9.17) is 4.42 Å². The fourth-order valence-corrected chi connectivity index (χ4v) is 7.17. The molecule has 4 aromatic carbocycles. The van der Waals surface area contributed by atoms with Gasteiger partial charge in [-0.25, -0.2) is 13.2 Å². The van der Waals surface area contributed by atoms with E-state index in [1.807, 2.05) is 80.6 Å². The van der Waals surface area contributed by atoms with Crippen molar-refractivity contribution in [1.29, 1.82) is 0 Å². The Hall–Kier alpha value is -4.02. The predicted molar refractivity (Wildman–Crippen MR) is 173 cm³/mol. The number of nitrogens with zero attached hydrogens (tertiary/aromatic N) is 2. The number of nitrogens with one attached hydrogen (secondary N) is 1. The van der Waals surface area contributed by atoms with Gasteiger partial charge in [0.15, 0.2) is 5.58 Å². The van der Waals surface area contributed by atoms with Crippen LogP contribution in [-0.4, -0.2) is 52.9 Å². The van der Waals surface area contributed by atoms with Crippen LogP contribution in [0.3, 0.4) is 0 Å². The molecule has 5 aromatic rings. The lowest BCUT2D eigenvalue weighted by molar-refractivity contribution is 0.0273. The molecule has 2 N–H and O–H groups in total. The molecule has 1 heterocycles. The molecule has 0 radical (unpaired) electrons. The number of hydrogen-bond acceptors (Lipinski definition) is 6. The molecular formula is C35H39N3O5S. The second kappa shape index (κ2) is 14.2. The van der Waals surface area contributed by atoms with Gasteiger partial charge in [-0.3, -0.25) is 9.88 Å². The van der Waals surface area contributed by atoms with Crippen LogP contribution in [0.4, 0.5) is 0 Å². The Balaban J connectivity index is 1.51. The van der Waals surface area contributed by atoms with Crippen LogP contribution in [0.1, 0.15) is 30.5 Å². The lowest BCUT2D eigenvalue weighted by Crippen LogP contribution is -2.50. The third-order valence-corrected chi connectivity index (χ3v) is 9.48. The first-order valence-electron chi connectivity index (χ1n) is 14.9. The quantitative estimate of drug-likeness (QED) is 0.173. The smallest absolute Gasteiger partial charge is 0.408 e. The lowest BCUT2D eigenvalue weighted by Gasteiger charge is -2.37. The van der Waals surface area contributed by atoms with Crippen molar-refractivity contribution in [3.8, 4) is 0 Å². The first kappa shape index (κ1) is 31.4. The molecule has 0 bridgehead atoms. The van der Waals surface area contributed by atoms with Crippen molar-refractivity contribution in [2.24, 2.45) is 5.92 Å². The molecule has 230 valence electrons. The van der Waals surface area contributed by atoms with Gasteiger partial charge >= 0.3 is 5.76 Å². The topological polar surface area (TPSA) is 107 Å². The largest absolute Gasteiger partial charge is 0.417 e. The van der Waals surface area contributed by atoms with E-state index in [9.17, 15) is 18.3 Å². The molecular weight excluding hydrogens is 574 g/mol. The van der Waals surface area contributed by atoms with Crippen LogP contribution in [0.5, 0.6) is 0 Å². The lowest BCUT2D eigenvalue weighted by atomic mass is 9.97. The van der Waals surface area contributed by atoms with Crippen LogP contribution in [0.15, 0.2) is 123 Å². The maximum atomic E-state index is 14.1. The molecule has 8 nitrogen and oxygen atoms in total. The van der Waals surface area contributed by atoms with Gasteiger partial charge in [0.1, 0.15) is 0 Å². The Morgan fingerprint density at radius 3 is 1.86 bits per heavy atom. The summed E-state index contributed by atoms with van der Waals surface area (Å²) in [4.78, 5) is 16.5. The molecule has 9 heteroatoms. The Kier molecular flexibility index (Phi) is 10.1. The average molecular weight is 614 g/mol. The van der Waals surface area contributed by atoms with E-state index in [1.165, 1.54) is 22.5 Å². The van der Waals surface area contributed by atoms with Crippen LogP contribution in [-0.2, 0) is 29.5 Å². The number of H-pyrrole nitrogens is 1. The number of aliphatic hydroxyl groups is 1. The van der Waals surface area contributed by atoms with Crippen molar-refractivity contribution in [1.82, 2.24) is 14.2 Å². The number of aliphatic hydroxyl groups excluding tert-OH is 1. The van der Waals surface area contributed by atoms with E-state index in [1.54, 1.807) is 0 Å². The number of oxazole rings is 1. The maximum Gasteiger partial charge on any atom is 0.417 e. The van der Waals surface area contributed by atoms with E-state index in [0.29, 0.717) is 25.0 Å². The van der Waals surface area contributed by atoms with Gasteiger partial charge in [-0.2, -0.15) is 4.31 Å². The summed E-state index contributed by atoms with van der Waals surface area (Å²) < 4.78 is 34.6. The predicted octanol–water partition coefficient (Wildman–Crippen LogP) is 5.44. The summed E-state index contributed by atoms with van der Waals surface area (Å²) in [6, 6.07) is 34.1. The van der Waals surface area contributed by atoms with Gasteiger partial charge in [0.25, 0.3) is 0 Å². The second-order valence-electron chi connectivity index (χ2n) is 11.6. The minimum Gasteiger partial charge on any atom is -0.408 e. The summed E-state index contributed by atoms with van der Waals surface area (Å²) in [7, 11) is -4.04. The highest BCUT2D eigenvalue weighted by Gasteiger charge is 2.33. The SMILES string of the molecule is CC(C)CN(C[C@@H](O)[C@H](Cc1ccccc1)N(Cc1ccccc1)Cc1ccccc1)S(=O)(=O)c1ccc2[nH]c(=O)oc2c1. The van der Waals surface area contributed by atoms with Crippen molar-refractivity contribution in [3.63, 3.8) is 0 Å².